The molecule has 3 fully saturated rings. The van der Waals surface area contributed by atoms with Crippen LogP contribution in [-0.4, -0.2) is 70.5 Å². The number of hydrogen-bond donors (Lipinski definition) is 0. The summed E-state index contributed by atoms with van der Waals surface area (Å²) in [5.41, 5.74) is 2.13. The summed E-state index contributed by atoms with van der Waals surface area (Å²) in [7, 11) is 0. The van der Waals surface area contributed by atoms with E-state index in [4.69, 9.17) is 9.47 Å². The molecule has 0 aliphatic carbocycles. The van der Waals surface area contributed by atoms with Crippen molar-refractivity contribution in [2.75, 3.05) is 49.2 Å². The van der Waals surface area contributed by atoms with Gasteiger partial charge in [0.2, 0.25) is 0 Å². The van der Waals surface area contributed by atoms with E-state index in [0.717, 1.165) is 82.5 Å². The van der Waals surface area contributed by atoms with Crippen LogP contribution in [0.15, 0.2) is 12.1 Å². The molecule has 2 aromatic rings. The number of carbonyl (C=O) groups excluding carboxylic acids is 1. The number of ketones is 1. The first-order valence-electron chi connectivity index (χ1n) is 12.3. The van der Waals surface area contributed by atoms with Gasteiger partial charge in [-0.2, -0.15) is 10.2 Å². The van der Waals surface area contributed by atoms with Crippen LogP contribution < -0.4 is 9.80 Å². The molecule has 182 valence electrons. The van der Waals surface area contributed by atoms with E-state index in [1.807, 2.05) is 18.5 Å². The Morgan fingerprint density at radius 1 is 0.818 bits per heavy atom. The lowest BCUT2D eigenvalue weighted by Gasteiger charge is -2.38. The molecule has 9 heteroatoms. The van der Waals surface area contributed by atoms with E-state index >= 15 is 0 Å². The van der Waals surface area contributed by atoms with E-state index in [0.29, 0.717) is 18.6 Å². The molecule has 3 aliphatic heterocycles. The Morgan fingerprint density at radius 2 is 1.27 bits per heavy atom. The molecule has 0 unspecified atom stereocenters. The minimum absolute atomic E-state index is 0.289. The van der Waals surface area contributed by atoms with Crippen LogP contribution in [0.5, 0.6) is 0 Å². The van der Waals surface area contributed by atoms with Crippen molar-refractivity contribution in [2.24, 2.45) is 0 Å². The van der Waals surface area contributed by atoms with Crippen LogP contribution in [0.1, 0.15) is 50.9 Å². The lowest BCUT2D eigenvalue weighted by molar-refractivity contribution is -0.169. The molecule has 3 aliphatic rings. The molecule has 2 aromatic heterocycles. The number of aryl methyl sites for hydroxylation is 4. The number of nitrogens with zero attached hydrogens (tertiary/aromatic N) is 6. The van der Waals surface area contributed by atoms with Crippen LogP contribution in [0.25, 0.3) is 0 Å². The third kappa shape index (κ3) is 5.41. The van der Waals surface area contributed by atoms with Gasteiger partial charge in [0.15, 0.2) is 5.79 Å². The molecule has 0 aromatic carbocycles. The van der Waals surface area contributed by atoms with Crippen molar-refractivity contribution in [3.8, 4) is 0 Å². The average molecular weight is 459 g/mol. The van der Waals surface area contributed by atoms with Crippen molar-refractivity contribution >= 4 is 17.4 Å². The molecule has 9 nitrogen and oxygen atoms in total. The van der Waals surface area contributed by atoms with Crippen LogP contribution in [-0.2, 0) is 27.4 Å². The molecule has 3 saturated heterocycles. The first-order valence-corrected chi connectivity index (χ1v) is 12.3. The monoisotopic (exact) mass is 458 g/mol. The highest BCUT2D eigenvalue weighted by atomic mass is 16.7. The van der Waals surface area contributed by atoms with Gasteiger partial charge in [0.1, 0.15) is 17.4 Å². The molecule has 0 radical (unpaired) electrons. The molecule has 0 N–H and O–H groups in total. The number of carbonyl (C=O) groups is 1. The Hall–Kier alpha value is -2.39. The normalized spacial score (nSPS) is 20.3. The number of rotatable bonds is 4. The maximum Gasteiger partial charge on any atom is 0.171 e. The summed E-state index contributed by atoms with van der Waals surface area (Å²) in [5, 5.41) is 8.92. The standard InChI is InChI=1S/C13H21N3O2.C11H17N3O/c1-3-16-12(10-11(2)14-16)15-6-4-13(5-7-15)17-8-9-18-13;1-3-14-11(8-9(2)12-14)13-6-4-10(15)5-7-13/h10H,3-9H2,1-2H3;8H,3-7H2,1-2H3. The van der Waals surface area contributed by atoms with Crippen molar-refractivity contribution in [1.29, 1.82) is 0 Å². The van der Waals surface area contributed by atoms with Gasteiger partial charge < -0.3 is 19.3 Å². The van der Waals surface area contributed by atoms with Crippen LogP contribution in [0, 0.1) is 13.8 Å². The van der Waals surface area contributed by atoms with Crippen molar-refractivity contribution in [3.63, 3.8) is 0 Å². The molecule has 5 heterocycles. The van der Waals surface area contributed by atoms with Crippen LogP contribution >= 0.6 is 0 Å². The van der Waals surface area contributed by atoms with Gasteiger partial charge in [-0.05, 0) is 27.7 Å². The summed E-state index contributed by atoms with van der Waals surface area (Å²) in [6.07, 6.45) is 3.24. The molecule has 0 amide bonds. The van der Waals surface area contributed by atoms with Gasteiger partial charge in [-0.15, -0.1) is 0 Å². The fourth-order valence-corrected chi connectivity index (χ4v) is 4.89. The Morgan fingerprint density at radius 3 is 1.73 bits per heavy atom. The fourth-order valence-electron chi connectivity index (χ4n) is 4.89. The Balaban J connectivity index is 0.000000160. The van der Waals surface area contributed by atoms with Gasteiger partial charge >= 0.3 is 0 Å². The van der Waals surface area contributed by atoms with Gasteiger partial charge in [-0.25, -0.2) is 9.36 Å². The fraction of sp³-hybridized carbons (Fsp3) is 0.708. The zero-order valence-corrected chi connectivity index (χ0v) is 20.5. The van der Waals surface area contributed by atoms with Crippen molar-refractivity contribution in [2.45, 2.75) is 72.3 Å². The highest BCUT2D eigenvalue weighted by Crippen LogP contribution is 2.33. The number of hydrogen-bond acceptors (Lipinski definition) is 7. The zero-order chi connectivity index (χ0) is 23.4. The highest BCUT2D eigenvalue weighted by Gasteiger charge is 2.40. The molecule has 1 spiro atoms. The largest absolute Gasteiger partial charge is 0.356 e. The summed E-state index contributed by atoms with van der Waals surface area (Å²) in [6, 6.07) is 4.26. The van der Waals surface area contributed by atoms with E-state index in [1.165, 1.54) is 5.82 Å². The Bertz CT molecular complexity index is 926. The number of aromatic nitrogens is 4. The van der Waals surface area contributed by atoms with Crippen molar-refractivity contribution in [3.05, 3.63) is 23.5 Å². The number of piperidine rings is 2. The van der Waals surface area contributed by atoms with E-state index in [9.17, 15) is 4.79 Å². The highest BCUT2D eigenvalue weighted by molar-refractivity contribution is 5.80. The number of Topliss-reactive ketones (excluding diaryl/α,β-unsaturated/α-hetero) is 1. The predicted molar refractivity (Wildman–Crippen MR) is 128 cm³/mol. The predicted octanol–water partition coefficient (Wildman–Crippen LogP) is 2.94. The number of anilines is 2. The Labute approximate surface area is 196 Å². The minimum atomic E-state index is -0.289. The number of ether oxygens (including phenoxy) is 2. The molecule has 0 bridgehead atoms. The van der Waals surface area contributed by atoms with Gasteiger partial charge in [-0.1, -0.05) is 0 Å². The van der Waals surface area contributed by atoms with Gasteiger partial charge in [0.25, 0.3) is 0 Å². The lowest BCUT2D eigenvalue weighted by Crippen LogP contribution is -2.45. The molecule has 33 heavy (non-hydrogen) atoms. The maximum atomic E-state index is 11.2. The maximum absolute atomic E-state index is 11.2. The topological polar surface area (TPSA) is 77.7 Å². The summed E-state index contributed by atoms with van der Waals surface area (Å²) in [5.74, 6) is 2.47. The zero-order valence-electron chi connectivity index (χ0n) is 20.5. The van der Waals surface area contributed by atoms with E-state index < -0.39 is 0 Å². The molecule has 0 atom stereocenters. The van der Waals surface area contributed by atoms with Crippen LogP contribution in [0.3, 0.4) is 0 Å². The molecule has 0 saturated carbocycles. The Kier molecular flexibility index (Phi) is 7.38. The second-order valence-electron chi connectivity index (χ2n) is 9.04. The molecule has 5 rings (SSSR count). The van der Waals surface area contributed by atoms with Crippen LogP contribution in [0.2, 0.25) is 0 Å². The second kappa shape index (κ2) is 10.3. The van der Waals surface area contributed by atoms with E-state index in [1.54, 1.807) is 0 Å². The van der Waals surface area contributed by atoms with Crippen LogP contribution in [0.4, 0.5) is 11.6 Å². The average Bonchev–Trinajstić information content (AvgIpc) is 3.54. The van der Waals surface area contributed by atoms with Crippen molar-refractivity contribution in [1.82, 2.24) is 19.6 Å². The first kappa shape index (κ1) is 23.8. The first-order chi connectivity index (χ1) is 15.9. The van der Waals surface area contributed by atoms with Gasteiger partial charge in [0.05, 0.1) is 24.6 Å². The lowest BCUT2D eigenvalue weighted by atomic mass is 10.0. The quantitative estimate of drug-likeness (QED) is 0.697. The van der Waals surface area contributed by atoms with Gasteiger partial charge in [-0.3, -0.25) is 4.79 Å². The SMILES string of the molecule is CCn1nc(C)cc1N1CCC(=O)CC1.CCn1nc(C)cc1N1CCC2(CC1)OCCO2. The minimum Gasteiger partial charge on any atom is -0.356 e. The summed E-state index contributed by atoms with van der Waals surface area (Å²) in [4.78, 5) is 15.8. The smallest absolute Gasteiger partial charge is 0.171 e. The summed E-state index contributed by atoms with van der Waals surface area (Å²) in [6.45, 7) is 15.2. The van der Waals surface area contributed by atoms with E-state index in [2.05, 4.69) is 50.7 Å². The summed E-state index contributed by atoms with van der Waals surface area (Å²) >= 11 is 0. The second-order valence-corrected chi connectivity index (χ2v) is 9.04. The van der Waals surface area contributed by atoms with E-state index in [-0.39, 0.29) is 5.79 Å². The van der Waals surface area contributed by atoms with Crippen molar-refractivity contribution < 1.29 is 14.3 Å². The third-order valence-electron chi connectivity index (χ3n) is 6.67. The third-order valence-corrected chi connectivity index (χ3v) is 6.67. The summed E-state index contributed by atoms with van der Waals surface area (Å²) < 4.78 is 15.6. The van der Waals surface area contributed by atoms with Gasteiger partial charge in [0, 0.05) is 77.1 Å². The molecular formula is C24H38N6O3. The molecular weight excluding hydrogens is 420 g/mol.